The molecule has 1 atom stereocenters. The zero-order valence-electron chi connectivity index (χ0n) is 16.3. The molecule has 0 bridgehead atoms. The largest absolute Gasteiger partial charge is 0.497 e. The van der Waals surface area contributed by atoms with Gasteiger partial charge in [-0.05, 0) is 48.4 Å². The fourth-order valence-corrected chi connectivity index (χ4v) is 3.73. The molecule has 1 aliphatic rings. The van der Waals surface area contributed by atoms with Gasteiger partial charge in [0.15, 0.2) is 0 Å². The number of methoxy groups -OCH3 is 1. The van der Waals surface area contributed by atoms with Crippen LogP contribution in [-0.2, 0) is 17.8 Å². The number of aryl methyl sites for hydroxylation is 2. The predicted molar refractivity (Wildman–Crippen MR) is 107 cm³/mol. The Bertz CT molecular complexity index is 934. The minimum Gasteiger partial charge on any atom is -0.497 e. The van der Waals surface area contributed by atoms with Crippen molar-refractivity contribution in [1.29, 1.82) is 0 Å². The van der Waals surface area contributed by atoms with Crippen molar-refractivity contribution in [3.8, 4) is 5.75 Å². The van der Waals surface area contributed by atoms with E-state index in [9.17, 15) is 0 Å². The van der Waals surface area contributed by atoms with Gasteiger partial charge in [-0.1, -0.05) is 18.2 Å². The fraction of sp³-hybridized carbons (Fsp3) is 0.409. The molecule has 1 aromatic heterocycles. The molecule has 0 N–H and O–H groups in total. The molecule has 0 unspecified atom stereocenters. The third-order valence-electron chi connectivity index (χ3n) is 5.36. The van der Waals surface area contributed by atoms with Gasteiger partial charge in [-0.3, -0.25) is 9.58 Å². The molecule has 0 spiro atoms. The van der Waals surface area contributed by atoms with Gasteiger partial charge >= 0.3 is 0 Å². The highest BCUT2D eigenvalue weighted by Gasteiger charge is 2.23. The molecular formula is C22H27N3O2. The third-order valence-corrected chi connectivity index (χ3v) is 5.36. The van der Waals surface area contributed by atoms with Crippen LogP contribution in [0, 0.1) is 6.92 Å². The van der Waals surface area contributed by atoms with Crippen LogP contribution in [0.3, 0.4) is 0 Å². The Kier molecular flexibility index (Phi) is 5.14. The first-order valence-electron chi connectivity index (χ1n) is 9.61. The summed E-state index contributed by atoms with van der Waals surface area (Å²) in [6.45, 7) is 8.67. The Hall–Kier alpha value is -2.37. The van der Waals surface area contributed by atoms with Crippen molar-refractivity contribution in [3.05, 3.63) is 59.4 Å². The molecule has 27 heavy (non-hydrogen) atoms. The Balaban J connectivity index is 1.50. The quantitative estimate of drug-likeness (QED) is 0.686. The molecule has 142 valence electrons. The molecule has 1 aliphatic heterocycles. The van der Waals surface area contributed by atoms with Crippen molar-refractivity contribution in [3.63, 3.8) is 0 Å². The molecule has 2 heterocycles. The standard InChI is InChI=1S/C22H27N3O2/c1-4-25-14-20(16(2)23-25)13-24-9-10-27-22(15-24)19-6-5-18-12-21(26-3)8-7-17(18)11-19/h5-8,11-12,14,22H,4,9-10,13,15H2,1-3H3/t22-/m0/s1. The van der Waals surface area contributed by atoms with E-state index in [0.717, 1.165) is 44.2 Å². The maximum absolute atomic E-state index is 6.10. The van der Waals surface area contributed by atoms with E-state index in [1.54, 1.807) is 7.11 Å². The van der Waals surface area contributed by atoms with Gasteiger partial charge in [0, 0.05) is 37.9 Å². The first-order chi connectivity index (χ1) is 13.2. The Labute approximate surface area is 160 Å². The Morgan fingerprint density at radius 3 is 2.78 bits per heavy atom. The van der Waals surface area contributed by atoms with E-state index in [1.807, 2.05) is 10.7 Å². The van der Waals surface area contributed by atoms with Gasteiger partial charge < -0.3 is 9.47 Å². The number of ether oxygens (including phenoxy) is 2. The summed E-state index contributed by atoms with van der Waals surface area (Å²) in [7, 11) is 1.70. The number of rotatable bonds is 5. The molecule has 0 aliphatic carbocycles. The van der Waals surface area contributed by atoms with Crippen LogP contribution in [-0.4, -0.2) is 41.5 Å². The van der Waals surface area contributed by atoms with Crippen LogP contribution in [0.2, 0.25) is 0 Å². The van der Waals surface area contributed by atoms with Crippen molar-refractivity contribution in [1.82, 2.24) is 14.7 Å². The van der Waals surface area contributed by atoms with Crippen molar-refractivity contribution >= 4 is 10.8 Å². The first-order valence-corrected chi connectivity index (χ1v) is 9.61. The summed E-state index contributed by atoms with van der Waals surface area (Å²) in [5.74, 6) is 0.887. The molecule has 3 aromatic rings. The second-order valence-corrected chi connectivity index (χ2v) is 7.16. The van der Waals surface area contributed by atoms with Crippen LogP contribution < -0.4 is 4.74 Å². The summed E-state index contributed by atoms with van der Waals surface area (Å²) in [6.07, 6.45) is 2.27. The van der Waals surface area contributed by atoms with E-state index in [4.69, 9.17) is 9.47 Å². The Morgan fingerprint density at radius 1 is 1.19 bits per heavy atom. The number of hydrogen-bond donors (Lipinski definition) is 0. The predicted octanol–water partition coefficient (Wildman–Crippen LogP) is 3.95. The lowest BCUT2D eigenvalue weighted by Crippen LogP contribution is -2.37. The van der Waals surface area contributed by atoms with Gasteiger partial charge in [0.2, 0.25) is 0 Å². The van der Waals surface area contributed by atoms with Crippen LogP contribution in [0.15, 0.2) is 42.6 Å². The summed E-state index contributed by atoms with van der Waals surface area (Å²) >= 11 is 0. The highest BCUT2D eigenvalue weighted by molar-refractivity contribution is 5.84. The van der Waals surface area contributed by atoms with Gasteiger partial charge in [-0.15, -0.1) is 0 Å². The summed E-state index contributed by atoms with van der Waals surface area (Å²) < 4.78 is 13.4. The molecule has 0 amide bonds. The van der Waals surface area contributed by atoms with Crippen LogP contribution in [0.1, 0.15) is 29.8 Å². The normalized spacial score (nSPS) is 18.1. The van der Waals surface area contributed by atoms with Crippen molar-refractivity contribution < 1.29 is 9.47 Å². The molecular weight excluding hydrogens is 338 g/mol. The molecule has 1 saturated heterocycles. The smallest absolute Gasteiger partial charge is 0.119 e. The molecule has 2 aromatic carbocycles. The topological polar surface area (TPSA) is 39.5 Å². The lowest BCUT2D eigenvalue weighted by molar-refractivity contribution is -0.0329. The van der Waals surface area contributed by atoms with Crippen LogP contribution in [0.25, 0.3) is 10.8 Å². The lowest BCUT2D eigenvalue weighted by Gasteiger charge is -2.33. The fourth-order valence-electron chi connectivity index (χ4n) is 3.73. The molecule has 5 nitrogen and oxygen atoms in total. The maximum Gasteiger partial charge on any atom is 0.119 e. The average Bonchev–Trinajstić information content (AvgIpc) is 3.07. The van der Waals surface area contributed by atoms with Crippen LogP contribution >= 0.6 is 0 Å². The van der Waals surface area contributed by atoms with Gasteiger partial charge in [0.25, 0.3) is 0 Å². The van der Waals surface area contributed by atoms with E-state index >= 15 is 0 Å². The van der Waals surface area contributed by atoms with E-state index in [-0.39, 0.29) is 6.10 Å². The summed E-state index contributed by atoms with van der Waals surface area (Å²) in [6, 6.07) is 12.8. The second kappa shape index (κ2) is 7.71. The maximum atomic E-state index is 6.10. The molecule has 4 rings (SSSR count). The Morgan fingerprint density at radius 2 is 2.00 bits per heavy atom. The minimum atomic E-state index is 0.103. The highest BCUT2D eigenvalue weighted by atomic mass is 16.5. The molecule has 0 saturated carbocycles. The van der Waals surface area contributed by atoms with Gasteiger partial charge in [-0.25, -0.2) is 0 Å². The van der Waals surface area contributed by atoms with Crippen molar-refractivity contribution in [2.24, 2.45) is 0 Å². The van der Waals surface area contributed by atoms with Crippen molar-refractivity contribution in [2.75, 3.05) is 26.8 Å². The molecule has 5 heteroatoms. The van der Waals surface area contributed by atoms with Gasteiger partial charge in [-0.2, -0.15) is 5.10 Å². The summed E-state index contributed by atoms with van der Waals surface area (Å²) in [4.78, 5) is 2.47. The molecule has 1 fully saturated rings. The van der Waals surface area contributed by atoms with E-state index in [1.165, 1.54) is 21.9 Å². The van der Waals surface area contributed by atoms with E-state index in [0.29, 0.717) is 0 Å². The van der Waals surface area contributed by atoms with Crippen LogP contribution in [0.5, 0.6) is 5.75 Å². The molecule has 0 radical (unpaired) electrons. The third kappa shape index (κ3) is 3.84. The zero-order chi connectivity index (χ0) is 18.8. The second-order valence-electron chi connectivity index (χ2n) is 7.16. The number of morpholine rings is 1. The zero-order valence-corrected chi connectivity index (χ0v) is 16.3. The van der Waals surface area contributed by atoms with Gasteiger partial charge in [0.05, 0.1) is 25.5 Å². The van der Waals surface area contributed by atoms with E-state index < -0.39 is 0 Å². The number of benzene rings is 2. The van der Waals surface area contributed by atoms with E-state index in [2.05, 4.69) is 60.4 Å². The first kappa shape index (κ1) is 18.0. The lowest BCUT2D eigenvalue weighted by atomic mass is 10.0. The monoisotopic (exact) mass is 365 g/mol. The van der Waals surface area contributed by atoms with Gasteiger partial charge in [0.1, 0.15) is 5.75 Å². The number of nitrogens with zero attached hydrogens (tertiary/aromatic N) is 3. The number of fused-ring (bicyclic) bond motifs is 1. The number of aromatic nitrogens is 2. The van der Waals surface area contributed by atoms with Crippen LogP contribution in [0.4, 0.5) is 0 Å². The average molecular weight is 365 g/mol. The number of hydrogen-bond acceptors (Lipinski definition) is 4. The van der Waals surface area contributed by atoms with Crippen molar-refractivity contribution in [2.45, 2.75) is 33.0 Å². The minimum absolute atomic E-state index is 0.103. The SMILES string of the molecule is CCn1cc(CN2CCO[C@H](c3ccc4cc(OC)ccc4c3)C2)c(C)n1. The summed E-state index contributed by atoms with van der Waals surface area (Å²) in [5.41, 5.74) is 3.67. The highest BCUT2D eigenvalue weighted by Crippen LogP contribution is 2.28. The summed E-state index contributed by atoms with van der Waals surface area (Å²) in [5, 5.41) is 6.97.